The largest absolute Gasteiger partial charge is 0.349 e. The standard InChI is InChI=1S/C23H26N4O2/c28-22(27-14-12-26(13-15-27)17-19-2-1-11-24-16-19)10-5-18-3-6-20(7-4-18)23(29)25-21-8-9-21/h1-7,10-11,16,21H,8-9,12-15,17H2,(H,25,29)/b10-5+. The minimum atomic E-state index is -0.0248. The van der Waals surface area contributed by atoms with Gasteiger partial charge in [0.25, 0.3) is 5.91 Å². The Morgan fingerprint density at radius 2 is 1.83 bits per heavy atom. The molecule has 2 amide bonds. The number of nitrogens with one attached hydrogen (secondary N) is 1. The summed E-state index contributed by atoms with van der Waals surface area (Å²) in [6.45, 7) is 4.04. The van der Waals surface area contributed by atoms with Crippen molar-refractivity contribution in [2.75, 3.05) is 26.2 Å². The van der Waals surface area contributed by atoms with Crippen LogP contribution in [0.5, 0.6) is 0 Å². The van der Waals surface area contributed by atoms with Crippen LogP contribution in [0.1, 0.15) is 34.3 Å². The lowest BCUT2D eigenvalue weighted by Crippen LogP contribution is -2.47. The van der Waals surface area contributed by atoms with Crippen LogP contribution in [0, 0.1) is 0 Å². The highest BCUT2D eigenvalue weighted by atomic mass is 16.2. The third-order valence-electron chi connectivity index (χ3n) is 5.32. The summed E-state index contributed by atoms with van der Waals surface area (Å²) in [6, 6.07) is 11.7. The minimum Gasteiger partial charge on any atom is -0.349 e. The maximum atomic E-state index is 12.5. The van der Waals surface area contributed by atoms with Gasteiger partial charge in [0.2, 0.25) is 5.91 Å². The highest BCUT2D eigenvalue weighted by molar-refractivity contribution is 5.95. The number of rotatable bonds is 6. The molecule has 6 heteroatoms. The van der Waals surface area contributed by atoms with Gasteiger partial charge >= 0.3 is 0 Å². The molecule has 2 aliphatic rings. The zero-order chi connectivity index (χ0) is 20.1. The Balaban J connectivity index is 1.25. The summed E-state index contributed by atoms with van der Waals surface area (Å²) in [5, 5.41) is 2.98. The number of piperazine rings is 1. The second-order valence-corrected chi connectivity index (χ2v) is 7.67. The molecule has 0 radical (unpaired) electrons. The molecule has 2 aromatic rings. The van der Waals surface area contributed by atoms with Gasteiger partial charge < -0.3 is 10.2 Å². The van der Waals surface area contributed by atoms with E-state index in [0.717, 1.165) is 51.1 Å². The molecule has 2 fully saturated rings. The zero-order valence-corrected chi connectivity index (χ0v) is 16.5. The highest BCUT2D eigenvalue weighted by Gasteiger charge is 2.23. The smallest absolute Gasteiger partial charge is 0.251 e. The van der Waals surface area contributed by atoms with Crippen LogP contribution in [-0.2, 0) is 11.3 Å². The molecule has 0 bridgehead atoms. The first-order valence-corrected chi connectivity index (χ1v) is 10.2. The van der Waals surface area contributed by atoms with E-state index >= 15 is 0 Å². The Hall–Kier alpha value is -2.99. The predicted molar refractivity (Wildman–Crippen MR) is 112 cm³/mol. The highest BCUT2D eigenvalue weighted by Crippen LogP contribution is 2.19. The Bertz CT molecular complexity index is 868. The maximum absolute atomic E-state index is 12.5. The van der Waals surface area contributed by atoms with Crippen molar-refractivity contribution in [2.45, 2.75) is 25.4 Å². The predicted octanol–water partition coefficient (Wildman–Crippen LogP) is 2.33. The van der Waals surface area contributed by atoms with Crippen LogP contribution >= 0.6 is 0 Å². The fraction of sp³-hybridized carbons (Fsp3) is 0.348. The quantitative estimate of drug-likeness (QED) is 0.769. The molecule has 0 unspecified atom stereocenters. The van der Waals surface area contributed by atoms with E-state index in [4.69, 9.17) is 0 Å². The Morgan fingerprint density at radius 3 is 2.48 bits per heavy atom. The van der Waals surface area contributed by atoms with Gasteiger partial charge in [-0.3, -0.25) is 19.5 Å². The molecule has 1 aromatic heterocycles. The lowest BCUT2D eigenvalue weighted by molar-refractivity contribution is -0.127. The van der Waals surface area contributed by atoms with Crippen molar-refractivity contribution in [1.82, 2.24) is 20.1 Å². The van der Waals surface area contributed by atoms with Crippen LogP contribution in [0.4, 0.5) is 0 Å². The van der Waals surface area contributed by atoms with Crippen LogP contribution in [0.25, 0.3) is 6.08 Å². The summed E-state index contributed by atoms with van der Waals surface area (Å²) in [6.07, 6.45) is 9.26. The van der Waals surface area contributed by atoms with Gasteiger partial charge in [-0.15, -0.1) is 0 Å². The molecule has 1 N–H and O–H groups in total. The van der Waals surface area contributed by atoms with E-state index < -0.39 is 0 Å². The summed E-state index contributed by atoms with van der Waals surface area (Å²) in [7, 11) is 0. The molecule has 0 atom stereocenters. The SMILES string of the molecule is O=C(NC1CC1)c1ccc(/C=C/C(=O)N2CCN(Cc3cccnc3)CC2)cc1. The van der Waals surface area contributed by atoms with E-state index in [1.165, 1.54) is 5.56 Å². The number of pyridine rings is 1. The van der Waals surface area contributed by atoms with Crippen LogP contribution in [0.3, 0.4) is 0 Å². The number of amides is 2. The average Bonchev–Trinajstić information content (AvgIpc) is 3.57. The van der Waals surface area contributed by atoms with Crippen molar-refractivity contribution in [3.05, 3.63) is 71.6 Å². The third kappa shape index (κ3) is 5.51. The molecule has 1 aliphatic carbocycles. The van der Waals surface area contributed by atoms with Crippen LogP contribution in [0.15, 0.2) is 54.9 Å². The Labute approximate surface area is 171 Å². The van der Waals surface area contributed by atoms with Crippen molar-refractivity contribution in [2.24, 2.45) is 0 Å². The van der Waals surface area contributed by atoms with E-state index in [0.29, 0.717) is 11.6 Å². The number of nitrogens with zero attached hydrogens (tertiary/aromatic N) is 3. The van der Waals surface area contributed by atoms with Gasteiger partial charge in [-0.05, 0) is 48.2 Å². The molecule has 0 spiro atoms. The number of hydrogen-bond acceptors (Lipinski definition) is 4. The fourth-order valence-electron chi connectivity index (χ4n) is 3.39. The monoisotopic (exact) mass is 390 g/mol. The van der Waals surface area contributed by atoms with Crippen molar-refractivity contribution in [1.29, 1.82) is 0 Å². The van der Waals surface area contributed by atoms with Crippen molar-refractivity contribution in [3.8, 4) is 0 Å². The van der Waals surface area contributed by atoms with Crippen molar-refractivity contribution >= 4 is 17.9 Å². The molecule has 4 rings (SSSR count). The molecular weight excluding hydrogens is 364 g/mol. The fourth-order valence-corrected chi connectivity index (χ4v) is 3.39. The zero-order valence-electron chi connectivity index (χ0n) is 16.5. The summed E-state index contributed by atoms with van der Waals surface area (Å²) in [5.74, 6) is 0.00448. The van der Waals surface area contributed by atoms with E-state index in [-0.39, 0.29) is 11.8 Å². The van der Waals surface area contributed by atoms with Crippen molar-refractivity contribution in [3.63, 3.8) is 0 Å². The van der Waals surface area contributed by atoms with Crippen LogP contribution in [0.2, 0.25) is 0 Å². The van der Waals surface area contributed by atoms with E-state index in [1.54, 1.807) is 24.4 Å². The Morgan fingerprint density at radius 1 is 1.07 bits per heavy atom. The topological polar surface area (TPSA) is 65.5 Å². The van der Waals surface area contributed by atoms with Crippen LogP contribution < -0.4 is 5.32 Å². The molecular formula is C23H26N4O2. The van der Waals surface area contributed by atoms with Gasteiger partial charge in [0, 0.05) is 62.8 Å². The number of benzene rings is 1. The number of carbonyl (C=O) groups excluding carboxylic acids is 2. The average molecular weight is 390 g/mol. The summed E-state index contributed by atoms with van der Waals surface area (Å²) in [5.41, 5.74) is 2.77. The minimum absolute atomic E-state index is 0.0248. The van der Waals surface area contributed by atoms with E-state index in [9.17, 15) is 9.59 Å². The first kappa shape index (κ1) is 19.3. The second-order valence-electron chi connectivity index (χ2n) is 7.67. The molecule has 1 aromatic carbocycles. The van der Waals surface area contributed by atoms with Gasteiger partial charge in [0.05, 0.1) is 0 Å². The number of aromatic nitrogens is 1. The lowest BCUT2D eigenvalue weighted by atomic mass is 10.1. The lowest BCUT2D eigenvalue weighted by Gasteiger charge is -2.34. The number of hydrogen-bond donors (Lipinski definition) is 1. The van der Waals surface area contributed by atoms with E-state index in [1.807, 2.05) is 35.4 Å². The molecule has 150 valence electrons. The summed E-state index contributed by atoms with van der Waals surface area (Å²) < 4.78 is 0. The van der Waals surface area contributed by atoms with Gasteiger partial charge in [-0.1, -0.05) is 18.2 Å². The van der Waals surface area contributed by atoms with Crippen LogP contribution in [-0.4, -0.2) is 58.8 Å². The first-order chi connectivity index (χ1) is 14.2. The molecule has 6 nitrogen and oxygen atoms in total. The molecule has 1 aliphatic heterocycles. The Kier molecular flexibility index (Phi) is 6.00. The van der Waals surface area contributed by atoms with E-state index in [2.05, 4.69) is 21.3 Å². The number of carbonyl (C=O) groups is 2. The van der Waals surface area contributed by atoms with Gasteiger partial charge in [-0.25, -0.2) is 0 Å². The van der Waals surface area contributed by atoms with Crippen molar-refractivity contribution < 1.29 is 9.59 Å². The normalized spacial score (nSPS) is 17.4. The van der Waals surface area contributed by atoms with Gasteiger partial charge in [0.1, 0.15) is 0 Å². The van der Waals surface area contributed by atoms with Gasteiger partial charge in [-0.2, -0.15) is 0 Å². The summed E-state index contributed by atoms with van der Waals surface area (Å²) in [4.78, 5) is 32.9. The first-order valence-electron chi connectivity index (χ1n) is 10.2. The maximum Gasteiger partial charge on any atom is 0.251 e. The second kappa shape index (κ2) is 9.01. The molecule has 1 saturated carbocycles. The molecule has 29 heavy (non-hydrogen) atoms. The molecule has 2 heterocycles. The molecule has 1 saturated heterocycles. The summed E-state index contributed by atoms with van der Waals surface area (Å²) >= 11 is 0. The third-order valence-corrected chi connectivity index (χ3v) is 5.32. The van der Waals surface area contributed by atoms with Gasteiger partial charge in [0.15, 0.2) is 0 Å².